The number of hydrogen-bond acceptors (Lipinski definition) is 4. The lowest BCUT2D eigenvalue weighted by Crippen LogP contribution is -1.87. The van der Waals surface area contributed by atoms with Gasteiger partial charge in [-0.3, -0.25) is 15.1 Å². The SMILES string of the molecule is NSc1cccc(-c2ccc3nccc(-c4cccnc4)c3c2)c1. The maximum Gasteiger partial charge on any atom is 0.0708 e. The van der Waals surface area contributed by atoms with Gasteiger partial charge >= 0.3 is 0 Å². The molecular weight excluding hydrogens is 314 g/mol. The molecule has 0 spiro atoms. The number of hydrogen-bond donors (Lipinski definition) is 1. The van der Waals surface area contributed by atoms with E-state index >= 15 is 0 Å². The number of pyridine rings is 2. The molecule has 116 valence electrons. The molecule has 2 heterocycles. The maximum atomic E-state index is 5.69. The van der Waals surface area contributed by atoms with Crippen LogP contribution in [0.5, 0.6) is 0 Å². The first-order chi connectivity index (χ1) is 11.8. The average Bonchev–Trinajstić information content (AvgIpc) is 2.68. The van der Waals surface area contributed by atoms with E-state index < -0.39 is 0 Å². The van der Waals surface area contributed by atoms with Crippen LogP contribution in [-0.2, 0) is 0 Å². The van der Waals surface area contributed by atoms with Crippen molar-refractivity contribution < 1.29 is 0 Å². The van der Waals surface area contributed by atoms with E-state index in [9.17, 15) is 0 Å². The van der Waals surface area contributed by atoms with E-state index in [4.69, 9.17) is 5.14 Å². The molecule has 0 aliphatic carbocycles. The molecule has 2 N–H and O–H groups in total. The summed E-state index contributed by atoms with van der Waals surface area (Å²) in [6.45, 7) is 0. The van der Waals surface area contributed by atoms with E-state index in [1.807, 2.05) is 36.7 Å². The third-order valence-electron chi connectivity index (χ3n) is 4.02. The highest BCUT2D eigenvalue weighted by molar-refractivity contribution is 7.97. The molecule has 0 unspecified atom stereocenters. The van der Waals surface area contributed by atoms with Gasteiger partial charge in [0, 0.05) is 34.4 Å². The van der Waals surface area contributed by atoms with Crippen LogP contribution in [0.4, 0.5) is 0 Å². The van der Waals surface area contributed by atoms with Gasteiger partial charge in [-0.05, 0) is 65.0 Å². The largest absolute Gasteiger partial charge is 0.274 e. The van der Waals surface area contributed by atoms with Crippen molar-refractivity contribution in [3.63, 3.8) is 0 Å². The number of aromatic nitrogens is 2. The number of nitrogens with two attached hydrogens (primary N) is 1. The van der Waals surface area contributed by atoms with E-state index in [-0.39, 0.29) is 0 Å². The third kappa shape index (κ3) is 2.77. The maximum absolute atomic E-state index is 5.69. The minimum absolute atomic E-state index is 0.976. The molecule has 0 aliphatic heterocycles. The Bertz CT molecular complexity index is 1000. The van der Waals surface area contributed by atoms with Crippen LogP contribution in [0.3, 0.4) is 0 Å². The highest BCUT2D eigenvalue weighted by atomic mass is 32.2. The Labute approximate surface area is 144 Å². The summed E-state index contributed by atoms with van der Waals surface area (Å²) in [6, 6.07) is 20.6. The minimum Gasteiger partial charge on any atom is -0.274 e. The van der Waals surface area contributed by atoms with E-state index in [1.54, 1.807) is 6.20 Å². The topological polar surface area (TPSA) is 51.8 Å². The number of rotatable bonds is 3. The van der Waals surface area contributed by atoms with Gasteiger partial charge in [0.05, 0.1) is 5.52 Å². The summed E-state index contributed by atoms with van der Waals surface area (Å²) in [7, 11) is 0. The first kappa shape index (κ1) is 14.9. The Morgan fingerprint density at radius 2 is 1.67 bits per heavy atom. The fourth-order valence-electron chi connectivity index (χ4n) is 2.85. The van der Waals surface area contributed by atoms with Crippen LogP contribution in [0, 0.1) is 0 Å². The van der Waals surface area contributed by atoms with Gasteiger partial charge in [-0.2, -0.15) is 0 Å². The Morgan fingerprint density at radius 1 is 0.792 bits per heavy atom. The monoisotopic (exact) mass is 329 g/mol. The summed E-state index contributed by atoms with van der Waals surface area (Å²) < 4.78 is 0. The van der Waals surface area contributed by atoms with Crippen molar-refractivity contribution in [1.29, 1.82) is 0 Å². The molecule has 2 aromatic heterocycles. The molecule has 4 aromatic rings. The van der Waals surface area contributed by atoms with Crippen LogP contribution in [0.15, 0.2) is 84.1 Å². The van der Waals surface area contributed by atoms with E-state index in [1.165, 1.54) is 11.9 Å². The molecule has 2 aromatic carbocycles. The summed E-state index contributed by atoms with van der Waals surface area (Å²) in [6.07, 6.45) is 5.51. The average molecular weight is 329 g/mol. The van der Waals surface area contributed by atoms with Gasteiger partial charge in [0.15, 0.2) is 0 Å². The molecule has 24 heavy (non-hydrogen) atoms. The molecule has 0 atom stereocenters. The van der Waals surface area contributed by atoms with Crippen molar-refractivity contribution in [3.8, 4) is 22.3 Å². The minimum atomic E-state index is 0.976. The summed E-state index contributed by atoms with van der Waals surface area (Å²) in [5.41, 5.74) is 5.50. The summed E-state index contributed by atoms with van der Waals surface area (Å²) in [4.78, 5) is 9.77. The molecular formula is C20H15N3S. The molecule has 4 heteroatoms. The molecule has 0 aliphatic rings. The van der Waals surface area contributed by atoms with Crippen LogP contribution in [-0.4, -0.2) is 9.97 Å². The predicted octanol–water partition coefficient (Wildman–Crippen LogP) is 4.93. The summed E-state index contributed by atoms with van der Waals surface area (Å²) in [5.74, 6) is 0. The number of fused-ring (bicyclic) bond motifs is 1. The standard InChI is InChI=1S/C20H15N3S/c21-24-17-5-1-3-14(11-17)15-6-7-20-19(12-15)18(8-10-23-20)16-4-2-9-22-13-16/h1-13H,21H2. The Hall–Kier alpha value is -2.69. The van der Waals surface area contributed by atoms with Crippen LogP contribution in [0.2, 0.25) is 0 Å². The first-order valence-electron chi connectivity index (χ1n) is 7.61. The lowest BCUT2D eigenvalue weighted by atomic mass is 9.98. The quantitative estimate of drug-likeness (QED) is 0.541. The zero-order valence-corrected chi connectivity index (χ0v) is 13.7. The predicted molar refractivity (Wildman–Crippen MR) is 100 cm³/mol. The molecule has 0 amide bonds. The van der Waals surface area contributed by atoms with E-state index in [0.717, 1.165) is 38.1 Å². The first-order valence-corrected chi connectivity index (χ1v) is 8.49. The van der Waals surface area contributed by atoms with Gasteiger partial charge in [-0.15, -0.1) is 0 Å². The van der Waals surface area contributed by atoms with Gasteiger partial charge in [-0.25, -0.2) is 0 Å². The fourth-order valence-corrected chi connectivity index (χ4v) is 3.20. The molecule has 0 fully saturated rings. The van der Waals surface area contributed by atoms with Crippen LogP contribution in [0.1, 0.15) is 0 Å². The molecule has 0 bridgehead atoms. The molecule has 0 saturated heterocycles. The zero-order valence-electron chi connectivity index (χ0n) is 12.9. The van der Waals surface area contributed by atoms with Crippen molar-refractivity contribution in [3.05, 3.63) is 79.3 Å². The van der Waals surface area contributed by atoms with Crippen LogP contribution < -0.4 is 5.14 Å². The number of benzene rings is 2. The zero-order chi connectivity index (χ0) is 16.4. The van der Waals surface area contributed by atoms with E-state index in [2.05, 4.69) is 46.4 Å². The van der Waals surface area contributed by atoms with Gasteiger partial charge in [-0.1, -0.05) is 24.3 Å². The fraction of sp³-hybridized carbons (Fsp3) is 0. The van der Waals surface area contributed by atoms with Crippen molar-refractivity contribution >= 4 is 22.9 Å². The number of nitrogens with zero attached hydrogens (tertiary/aromatic N) is 2. The van der Waals surface area contributed by atoms with Gasteiger partial charge in [0.25, 0.3) is 0 Å². The Balaban J connectivity index is 1.91. The molecule has 0 radical (unpaired) electrons. The van der Waals surface area contributed by atoms with Gasteiger partial charge in [0.2, 0.25) is 0 Å². The lowest BCUT2D eigenvalue weighted by Gasteiger charge is -2.09. The summed E-state index contributed by atoms with van der Waals surface area (Å²) >= 11 is 1.26. The van der Waals surface area contributed by atoms with Crippen LogP contribution in [0.25, 0.3) is 33.2 Å². The smallest absolute Gasteiger partial charge is 0.0708 e. The van der Waals surface area contributed by atoms with Gasteiger partial charge in [0.1, 0.15) is 0 Å². The molecule has 0 saturated carbocycles. The van der Waals surface area contributed by atoms with Crippen molar-refractivity contribution in [2.75, 3.05) is 0 Å². The van der Waals surface area contributed by atoms with Gasteiger partial charge < -0.3 is 0 Å². The third-order valence-corrected chi connectivity index (χ3v) is 4.54. The Morgan fingerprint density at radius 3 is 2.50 bits per heavy atom. The van der Waals surface area contributed by atoms with Crippen molar-refractivity contribution in [2.45, 2.75) is 4.90 Å². The Kier molecular flexibility index (Phi) is 3.99. The highest BCUT2D eigenvalue weighted by Gasteiger charge is 2.07. The lowest BCUT2D eigenvalue weighted by molar-refractivity contribution is 1.33. The van der Waals surface area contributed by atoms with Crippen molar-refractivity contribution in [2.24, 2.45) is 5.14 Å². The highest BCUT2D eigenvalue weighted by Crippen LogP contribution is 2.31. The second kappa shape index (κ2) is 6.43. The van der Waals surface area contributed by atoms with E-state index in [0.29, 0.717) is 0 Å². The summed E-state index contributed by atoms with van der Waals surface area (Å²) in [5, 5.41) is 6.81. The second-order valence-corrected chi connectivity index (χ2v) is 6.18. The molecule has 4 rings (SSSR count). The van der Waals surface area contributed by atoms with Crippen LogP contribution >= 0.6 is 11.9 Å². The van der Waals surface area contributed by atoms with Crippen molar-refractivity contribution in [1.82, 2.24) is 9.97 Å². The molecule has 3 nitrogen and oxygen atoms in total. The normalized spacial score (nSPS) is 10.9. The second-order valence-electron chi connectivity index (χ2n) is 5.48.